The number of hydrogen-bond donors (Lipinski definition) is 0. The molecule has 0 spiro atoms. The maximum absolute atomic E-state index is 11.2. The first kappa shape index (κ1) is 12.6. The number of hydrogen-bond acceptors (Lipinski definition) is 3. The van der Waals surface area contributed by atoms with E-state index in [-0.39, 0.29) is 5.63 Å². The van der Waals surface area contributed by atoms with E-state index in [0.29, 0.717) is 5.58 Å². The smallest absolute Gasteiger partial charge is 0.336 e. The first-order valence-corrected chi connectivity index (χ1v) is 6.95. The van der Waals surface area contributed by atoms with E-state index >= 15 is 0 Å². The highest BCUT2D eigenvalue weighted by atomic mass is 16.4. The molecule has 4 aromatic rings. The molecule has 2 heterocycles. The molecule has 0 aliphatic rings. The third-order valence-corrected chi connectivity index (χ3v) is 3.52. The molecule has 22 heavy (non-hydrogen) atoms. The average Bonchev–Trinajstić information content (AvgIpc) is 3.05. The second-order valence-electron chi connectivity index (χ2n) is 4.99. The Morgan fingerprint density at radius 1 is 0.909 bits per heavy atom. The van der Waals surface area contributed by atoms with E-state index in [4.69, 9.17) is 4.42 Å². The van der Waals surface area contributed by atoms with Gasteiger partial charge in [0, 0.05) is 23.2 Å². The predicted molar refractivity (Wildman–Crippen MR) is 85.0 cm³/mol. The Bertz CT molecular complexity index is 1000. The van der Waals surface area contributed by atoms with Gasteiger partial charge in [0.25, 0.3) is 0 Å². The van der Waals surface area contributed by atoms with E-state index in [2.05, 4.69) is 5.10 Å². The van der Waals surface area contributed by atoms with Crippen molar-refractivity contribution in [2.24, 2.45) is 0 Å². The lowest BCUT2D eigenvalue weighted by atomic mass is 10.1. The molecule has 106 valence electrons. The number of benzene rings is 2. The van der Waals surface area contributed by atoms with Crippen LogP contribution in [0.2, 0.25) is 0 Å². The molecule has 0 radical (unpaired) electrons. The number of para-hydroxylation sites is 1. The Kier molecular flexibility index (Phi) is 2.86. The van der Waals surface area contributed by atoms with Crippen LogP contribution in [-0.4, -0.2) is 9.78 Å². The van der Waals surface area contributed by atoms with Crippen LogP contribution >= 0.6 is 0 Å². The summed E-state index contributed by atoms with van der Waals surface area (Å²) in [6.45, 7) is 0. The standard InChI is InChI=1S/C18H12N2O2/c21-18-9-7-14-12-13(6-8-17(14)22-18)16-10-11-20(19-16)15-4-2-1-3-5-15/h1-12H. The van der Waals surface area contributed by atoms with Crippen LogP contribution in [0.3, 0.4) is 0 Å². The van der Waals surface area contributed by atoms with Crippen LogP contribution in [0.4, 0.5) is 0 Å². The summed E-state index contributed by atoms with van der Waals surface area (Å²) >= 11 is 0. The van der Waals surface area contributed by atoms with Gasteiger partial charge >= 0.3 is 5.63 Å². The van der Waals surface area contributed by atoms with E-state index in [1.165, 1.54) is 6.07 Å². The molecule has 0 saturated carbocycles. The van der Waals surface area contributed by atoms with Crippen molar-refractivity contribution in [3.8, 4) is 16.9 Å². The molecule has 0 aliphatic heterocycles. The third kappa shape index (κ3) is 2.20. The van der Waals surface area contributed by atoms with Crippen LogP contribution in [0.5, 0.6) is 0 Å². The molecule has 0 fully saturated rings. The zero-order valence-corrected chi connectivity index (χ0v) is 11.6. The molecule has 0 saturated heterocycles. The van der Waals surface area contributed by atoms with E-state index < -0.39 is 0 Å². The first-order valence-electron chi connectivity index (χ1n) is 6.95. The zero-order chi connectivity index (χ0) is 14.9. The van der Waals surface area contributed by atoms with Gasteiger partial charge < -0.3 is 4.42 Å². The van der Waals surface area contributed by atoms with Gasteiger partial charge in [-0.05, 0) is 42.5 Å². The fraction of sp³-hybridized carbons (Fsp3) is 0. The Morgan fingerprint density at radius 3 is 2.64 bits per heavy atom. The monoisotopic (exact) mass is 288 g/mol. The van der Waals surface area contributed by atoms with Crippen LogP contribution < -0.4 is 5.63 Å². The fourth-order valence-electron chi connectivity index (χ4n) is 2.43. The number of aromatic nitrogens is 2. The van der Waals surface area contributed by atoms with Gasteiger partial charge in [0.05, 0.1) is 11.4 Å². The van der Waals surface area contributed by atoms with Crippen molar-refractivity contribution in [1.82, 2.24) is 9.78 Å². The molecule has 4 heteroatoms. The summed E-state index contributed by atoms with van der Waals surface area (Å²) in [7, 11) is 0. The first-order chi connectivity index (χ1) is 10.8. The van der Waals surface area contributed by atoms with E-state index in [1.54, 1.807) is 12.1 Å². The van der Waals surface area contributed by atoms with Crippen LogP contribution in [0.15, 0.2) is 82.1 Å². The van der Waals surface area contributed by atoms with Gasteiger partial charge in [0.2, 0.25) is 0 Å². The van der Waals surface area contributed by atoms with Crippen molar-refractivity contribution in [3.05, 3.63) is 83.3 Å². The molecule has 0 N–H and O–H groups in total. The van der Waals surface area contributed by atoms with Crippen LogP contribution in [0.1, 0.15) is 0 Å². The highest BCUT2D eigenvalue weighted by Crippen LogP contribution is 2.23. The molecule has 0 atom stereocenters. The molecular formula is C18H12N2O2. The van der Waals surface area contributed by atoms with Crippen molar-refractivity contribution in [2.45, 2.75) is 0 Å². The summed E-state index contributed by atoms with van der Waals surface area (Å²) in [5.74, 6) is 0. The maximum Gasteiger partial charge on any atom is 0.336 e. The zero-order valence-electron chi connectivity index (χ0n) is 11.6. The normalized spacial score (nSPS) is 10.9. The van der Waals surface area contributed by atoms with E-state index in [0.717, 1.165) is 22.3 Å². The SMILES string of the molecule is O=c1ccc2cc(-c3ccn(-c4ccccc4)n3)ccc2o1. The highest BCUT2D eigenvalue weighted by Gasteiger charge is 2.06. The van der Waals surface area contributed by atoms with Crippen molar-refractivity contribution < 1.29 is 4.42 Å². The van der Waals surface area contributed by atoms with Crippen molar-refractivity contribution >= 4 is 11.0 Å². The second kappa shape index (κ2) is 5.00. The predicted octanol–water partition coefficient (Wildman–Crippen LogP) is 3.65. The minimum absolute atomic E-state index is 0.339. The van der Waals surface area contributed by atoms with Crippen LogP contribution in [0, 0.1) is 0 Å². The summed E-state index contributed by atoms with van der Waals surface area (Å²) < 4.78 is 6.98. The summed E-state index contributed by atoms with van der Waals surface area (Å²) in [5, 5.41) is 5.48. The molecule has 0 aliphatic carbocycles. The minimum Gasteiger partial charge on any atom is -0.423 e. The van der Waals surface area contributed by atoms with E-state index in [1.807, 2.05) is 59.4 Å². The van der Waals surface area contributed by atoms with Crippen molar-refractivity contribution in [1.29, 1.82) is 0 Å². The van der Waals surface area contributed by atoms with Gasteiger partial charge in [0.1, 0.15) is 5.58 Å². The van der Waals surface area contributed by atoms with Gasteiger partial charge in [-0.1, -0.05) is 18.2 Å². The quantitative estimate of drug-likeness (QED) is 0.529. The van der Waals surface area contributed by atoms with Crippen LogP contribution in [-0.2, 0) is 0 Å². The Hall–Kier alpha value is -3.14. The van der Waals surface area contributed by atoms with Crippen molar-refractivity contribution in [2.75, 3.05) is 0 Å². The van der Waals surface area contributed by atoms with Gasteiger partial charge in [-0.25, -0.2) is 9.48 Å². The Labute approximate surface area is 126 Å². The van der Waals surface area contributed by atoms with Gasteiger partial charge in [-0.2, -0.15) is 5.10 Å². The van der Waals surface area contributed by atoms with Gasteiger partial charge in [0.15, 0.2) is 0 Å². The summed E-state index contributed by atoms with van der Waals surface area (Å²) in [4.78, 5) is 11.2. The molecule has 4 rings (SSSR count). The average molecular weight is 288 g/mol. The molecule has 0 amide bonds. The topological polar surface area (TPSA) is 48.0 Å². The lowest BCUT2D eigenvalue weighted by Gasteiger charge is -2.01. The molecule has 2 aromatic carbocycles. The maximum atomic E-state index is 11.2. The second-order valence-corrected chi connectivity index (χ2v) is 4.99. The Balaban J connectivity index is 1.78. The highest BCUT2D eigenvalue weighted by molar-refractivity contribution is 5.82. The van der Waals surface area contributed by atoms with E-state index in [9.17, 15) is 4.79 Å². The molecular weight excluding hydrogens is 276 g/mol. The summed E-state index contributed by atoms with van der Waals surface area (Å²) in [6, 6.07) is 20.8. The lowest BCUT2D eigenvalue weighted by molar-refractivity contribution is 0.561. The molecule has 4 nitrogen and oxygen atoms in total. The Morgan fingerprint density at radius 2 is 1.77 bits per heavy atom. The number of nitrogens with zero attached hydrogens (tertiary/aromatic N) is 2. The fourth-order valence-corrected chi connectivity index (χ4v) is 2.43. The minimum atomic E-state index is -0.339. The van der Waals surface area contributed by atoms with Gasteiger partial charge in [-0.3, -0.25) is 0 Å². The molecule has 0 unspecified atom stereocenters. The number of fused-ring (bicyclic) bond motifs is 1. The van der Waals surface area contributed by atoms with Crippen molar-refractivity contribution in [3.63, 3.8) is 0 Å². The molecule has 2 aromatic heterocycles. The summed E-state index contributed by atoms with van der Waals surface area (Å²) in [6.07, 6.45) is 1.93. The van der Waals surface area contributed by atoms with Gasteiger partial charge in [-0.15, -0.1) is 0 Å². The molecule has 0 bridgehead atoms. The largest absolute Gasteiger partial charge is 0.423 e. The third-order valence-electron chi connectivity index (χ3n) is 3.52. The number of rotatable bonds is 2. The lowest BCUT2D eigenvalue weighted by Crippen LogP contribution is -1.95. The summed E-state index contributed by atoms with van der Waals surface area (Å²) in [5.41, 5.74) is 3.11. The van der Waals surface area contributed by atoms with Crippen LogP contribution in [0.25, 0.3) is 27.9 Å².